The fraction of sp³-hybridized carbons (Fsp3) is 0.375. The zero-order chi connectivity index (χ0) is 14.7. The number of oxazole rings is 1. The van der Waals surface area contributed by atoms with Gasteiger partial charge in [-0.3, -0.25) is 4.79 Å². The van der Waals surface area contributed by atoms with Crippen molar-refractivity contribution >= 4 is 5.91 Å². The third kappa shape index (κ3) is 3.31. The Hall–Kier alpha value is -2.14. The molecular formula is C16H18N2O3. The van der Waals surface area contributed by atoms with Crippen LogP contribution < -0.4 is 0 Å². The second kappa shape index (κ2) is 6.10. The van der Waals surface area contributed by atoms with Gasteiger partial charge in [0.25, 0.3) is 0 Å². The van der Waals surface area contributed by atoms with Crippen molar-refractivity contribution in [2.24, 2.45) is 0 Å². The van der Waals surface area contributed by atoms with Gasteiger partial charge in [-0.25, -0.2) is 4.98 Å². The van der Waals surface area contributed by atoms with E-state index in [2.05, 4.69) is 4.98 Å². The van der Waals surface area contributed by atoms with Gasteiger partial charge in [-0.1, -0.05) is 18.2 Å². The number of β-amino-alcohol motifs (C(OH)–C–C–N with tert-alkyl or cyclic N) is 1. The quantitative estimate of drug-likeness (QED) is 0.935. The van der Waals surface area contributed by atoms with Gasteiger partial charge in [0.1, 0.15) is 6.26 Å². The van der Waals surface area contributed by atoms with Crippen LogP contribution in [0.1, 0.15) is 18.5 Å². The van der Waals surface area contributed by atoms with Crippen molar-refractivity contribution in [3.05, 3.63) is 42.3 Å². The Morgan fingerprint density at radius 2 is 2.19 bits per heavy atom. The molecule has 1 saturated heterocycles. The number of hydrogen-bond acceptors (Lipinski definition) is 4. The lowest BCUT2D eigenvalue weighted by Crippen LogP contribution is -2.42. The molecule has 1 amide bonds. The van der Waals surface area contributed by atoms with Crippen molar-refractivity contribution in [2.75, 3.05) is 13.1 Å². The van der Waals surface area contributed by atoms with Crippen LogP contribution >= 0.6 is 0 Å². The number of benzene rings is 1. The Morgan fingerprint density at radius 3 is 2.95 bits per heavy atom. The predicted molar refractivity (Wildman–Crippen MR) is 77.5 cm³/mol. The molecule has 0 radical (unpaired) electrons. The molecule has 110 valence electrons. The van der Waals surface area contributed by atoms with Crippen LogP contribution in [0.4, 0.5) is 0 Å². The van der Waals surface area contributed by atoms with E-state index in [0.717, 1.165) is 18.4 Å². The maximum atomic E-state index is 12.2. The average molecular weight is 286 g/mol. The molecule has 1 unspecified atom stereocenters. The number of carbonyl (C=O) groups excluding carboxylic acids is 1. The Bertz CT molecular complexity index is 609. The lowest BCUT2D eigenvalue weighted by Gasteiger charge is -2.29. The highest BCUT2D eigenvalue weighted by Gasteiger charge is 2.22. The summed E-state index contributed by atoms with van der Waals surface area (Å²) < 4.78 is 5.43. The van der Waals surface area contributed by atoms with Gasteiger partial charge in [0.05, 0.1) is 18.2 Å². The molecule has 1 fully saturated rings. The maximum absolute atomic E-state index is 12.2. The molecule has 2 heterocycles. The van der Waals surface area contributed by atoms with E-state index >= 15 is 0 Å². The highest BCUT2D eigenvalue weighted by Crippen LogP contribution is 2.19. The summed E-state index contributed by atoms with van der Waals surface area (Å²) >= 11 is 0. The van der Waals surface area contributed by atoms with Crippen LogP contribution in [0, 0.1) is 0 Å². The first-order valence-corrected chi connectivity index (χ1v) is 7.18. The van der Waals surface area contributed by atoms with Gasteiger partial charge in [-0.2, -0.15) is 0 Å². The monoisotopic (exact) mass is 286 g/mol. The molecule has 1 aliphatic heterocycles. The number of likely N-dealkylation sites (tertiary alicyclic amines) is 1. The minimum absolute atomic E-state index is 0.0124. The molecule has 0 saturated carbocycles. The number of amides is 1. The normalized spacial score (nSPS) is 18.7. The largest absolute Gasteiger partial charge is 0.444 e. The summed E-state index contributed by atoms with van der Waals surface area (Å²) in [6.45, 7) is 1.13. The van der Waals surface area contributed by atoms with Gasteiger partial charge < -0.3 is 14.4 Å². The van der Waals surface area contributed by atoms with Crippen LogP contribution in [0.25, 0.3) is 11.5 Å². The number of piperidine rings is 1. The molecule has 1 N–H and O–H groups in total. The molecule has 0 spiro atoms. The van der Waals surface area contributed by atoms with Crippen molar-refractivity contribution in [2.45, 2.75) is 25.4 Å². The maximum Gasteiger partial charge on any atom is 0.228 e. The summed E-state index contributed by atoms with van der Waals surface area (Å²) in [6, 6.07) is 9.59. The SMILES string of the molecule is O=C(Cc1coc(-c2ccccc2)n1)N1CCCC(O)C1. The minimum atomic E-state index is -0.403. The van der Waals surface area contributed by atoms with Gasteiger partial charge in [0, 0.05) is 18.7 Å². The molecule has 0 aliphatic carbocycles. The van der Waals surface area contributed by atoms with Crippen molar-refractivity contribution in [3.63, 3.8) is 0 Å². The Morgan fingerprint density at radius 1 is 1.38 bits per heavy atom. The van der Waals surface area contributed by atoms with Crippen molar-refractivity contribution in [3.8, 4) is 11.5 Å². The molecule has 1 aromatic carbocycles. The predicted octanol–water partition coefficient (Wildman–Crippen LogP) is 1.87. The van der Waals surface area contributed by atoms with Crippen LogP contribution in [-0.4, -0.2) is 40.1 Å². The Labute approximate surface area is 123 Å². The summed E-state index contributed by atoms with van der Waals surface area (Å²) in [4.78, 5) is 18.2. The second-order valence-corrected chi connectivity index (χ2v) is 5.32. The zero-order valence-corrected chi connectivity index (χ0v) is 11.7. The first-order chi connectivity index (χ1) is 10.2. The van der Waals surface area contributed by atoms with Gasteiger partial charge in [0.15, 0.2) is 0 Å². The van der Waals surface area contributed by atoms with Crippen molar-refractivity contribution < 1.29 is 14.3 Å². The first-order valence-electron chi connectivity index (χ1n) is 7.18. The van der Waals surface area contributed by atoms with E-state index in [4.69, 9.17) is 4.42 Å². The lowest BCUT2D eigenvalue weighted by atomic mass is 10.1. The first kappa shape index (κ1) is 13.8. The Kier molecular flexibility index (Phi) is 4.01. The topological polar surface area (TPSA) is 66.6 Å². The van der Waals surface area contributed by atoms with E-state index in [-0.39, 0.29) is 12.3 Å². The van der Waals surface area contributed by atoms with Crippen molar-refractivity contribution in [1.82, 2.24) is 9.88 Å². The highest BCUT2D eigenvalue weighted by molar-refractivity contribution is 5.78. The molecule has 3 rings (SSSR count). The number of aromatic nitrogens is 1. The van der Waals surface area contributed by atoms with Gasteiger partial charge in [0.2, 0.25) is 11.8 Å². The van der Waals surface area contributed by atoms with Crippen molar-refractivity contribution in [1.29, 1.82) is 0 Å². The van der Waals surface area contributed by atoms with Crippen LogP contribution in [0.2, 0.25) is 0 Å². The molecule has 1 aromatic heterocycles. The molecule has 2 aromatic rings. The van der Waals surface area contributed by atoms with E-state index < -0.39 is 6.10 Å². The van der Waals surface area contributed by atoms with Crippen LogP contribution in [-0.2, 0) is 11.2 Å². The van der Waals surface area contributed by atoms with E-state index in [1.807, 2.05) is 30.3 Å². The summed E-state index contributed by atoms with van der Waals surface area (Å²) in [6.07, 6.45) is 2.95. The smallest absolute Gasteiger partial charge is 0.228 e. The number of aliphatic hydroxyl groups excluding tert-OH is 1. The third-order valence-electron chi connectivity index (χ3n) is 3.65. The van der Waals surface area contributed by atoms with Gasteiger partial charge in [-0.05, 0) is 25.0 Å². The summed E-state index contributed by atoms with van der Waals surface area (Å²) in [7, 11) is 0. The van der Waals surface area contributed by atoms with E-state index in [0.29, 0.717) is 24.7 Å². The third-order valence-corrected chi connectivity index (χ3v) is 3.65. The lowest BCUT2D eigenvalue weighted by molar-refractivity contribution is -0.133. The van der Waals surface area contributed by atoms with Gasteiger partial charge in [-0.15, -0.1) is 0 Å². The fourth-order valence-corrected chi connectivity index (χ4v) is 2.55. The van der Waals surface area contributed by atoms with E-state index in [1.165, 1.54) is 6.26 Å². The number of hydrogen-bond donors (Lipinski definition) is 1. The van der Waals surface area contributed by atoms with Crippen LogP contribution in [0.3, 0.4) is 0 Å². The highest BCUT2D eigenvalue weighted by atomic mass is 16.3. The van der Waals surface area contributed by atoms with Crippen LogP contribution in [0.5, 0.6) is 0 Å². The summed E-state index contributed by atoms with van der Waals surface area (Å²) in [5.74, 6) is 0.513. The number of aliphatic hydroxyl groups is 1. The molecule has 5 nitrogen and oxygen atoms in total. The van der Waals surface area contributed by atoms with Gasteiger partial charge >= 0.3 is 0 Å². The minimum Gasteiger partial charge on any atom is -0.444 e. The number of rotatable bonds is 3. The average Bonchev–Trinajstić information content (AvgIpc) is 2.97. The molecule has 0 bridgehead atoms. The molecule has 5 heteroatoms. The van der Waals surface area contributed by atoms with Crippen LogP contribution in [0.15, 0.2) is 41.0 Å². The molecule has 1 atom stereocenters. The number of carbonyl (C=O) groups is 1. The second-order valence-electron chi connectivity index (χ2n) is 5.32. The molecule has 21 heavy (non-hydrogen) atoms. The zero-order valence-electron chi connectivity index (χ0n) is 11.7. The Balaban J connectivity index is 1.66. The molecular weight excluding hydrogens is 268 g/mol. The molecule has 1 aliphatic rings. The van der Waals surface area contributed by atoms with E-state index in [9.17, 15) is 9.90 Å². The fourth-order valence-electron chi connectivity index (χ4n) is 2.55. The van der Waals surface area contributed by atoms with E-state index in [1.54, 1.807) is 4.90 Å². The standard InChI is InChI=1S/C16H18N2O3/c19-14-7-4-8-18(10-14)15(20)9-13-11-21-16(17-13)12-5-2-1-3-6-12/h1-3,5-6,11,14,19H,4,7-10H2. The summed E-state index contributed by atoms with van der Waals surface area (Å²) in [5, 5.41) is 9.62. The number of nitrogens with zero attached hydrogens (tertiary/aromatic N) is 2. The summed E-state index contributed by atoms with van der Waals surface area (Å²) in [5.41, 5.74) is 1.52.